The molecule has 0 heterocycles. The van der Waals surface area contributed by atoms with Crippen molar-refractivity contribution in [3.63, 3.8) is 0 Å². The number of phenols is 1. The minimum absolute atomic E-state index is 0.174. The Balaban J connectivity index is 2.27. The summed E-state index contributed by atoms with van der Waals surface area (Å²) in [7, 11) is 0. The maximum Gasteiger partial charge on any atom is 0.334 e. The molecule has 2 aromatic rings. The number of benzene rings is 2. The summed E-state index contributed by atoms with van der Waals surface area (Å²) in [5.41, 5.74) is 0.717. The Morgan fingerprint density at radius 1 is 1.05 bits per heavy atom. The van der Waals surface area contributed by atoms with Gasteiger partial charge in [0.15, 0.2) is 1.43 Å². The third kappa shape index (κ3) is 4.12. The summed E-state index contributed by atoms with van der Waals surface area (Å²) in [5, 5.41) is 18.5. The number of carboxylic acid groups (broad SMARTS) is 1. The summed E-state index contributed by atoms with van der Waals surface area (Å²) in [4.78, 5) is 11.3. The third-order valence-electron chi connectivity index (χ3n) is 2.62. The Labute approximate surface area is 162 Å². The molecule has 2 rings (SSSR count). The van der Waals surface area contributed by atoms with Crippen molar-refractivity contribution in [3.05, 3.63) is 51.6 Å². The number of ether oxygens (including phenoxy) is 1. The highest BCUT2D eigenvalue weighted by molar-refractivity contribution is 14.2. The van der Waals surface area contributed by atoms with Crippen LogP contribution in [0.25, 0.3) is 0 Å². The van der Waals surface area contributed by atoms with Crippen LogP contribution < -0.4 is 4.74 Å². The number of rotatable bonds is 4. The van der Waals surface area contributed by atoms with E-state index in [0.29, 0.717) is 11.5 Å². The zero-order valence-corrected chi connectivity index (χ0v) is 16.9. The van der Waals surface area contributed by atoms with E-state index in [1.165, 1.54) is 0 Å². The van der Waals surface area contributed by atoms with E-state index in [9.17, 15) is 15.0 Å². The zero-order chi connectivity index (χ0) is 15.6. The molecule has 0 fully saturated rings. The molecule has 2 N–H and O–H groups in total. The molecule has 0 bridgehead atoms. The van der Waals surface area contributed by atoms with Gasteiger partial charge in [0.25, 0.3) is 0 Å². The van der Waals surface area contributed by atoms with Crippen LogP contribution in [0, 0.1) is 3.57 Å². The van der Waals surface area contributed by atoms with Gasteiger partial charge in [-0.25, -0.2) is 4.79 Å². The van der Waals surface area contributed by atoms with Gasteiger partial charge in [-0.1, -0.05) is 6.07 Å². The molecule has 21 heavy (non-hydrogen) atoms. The lowest BCUT2D eigenvalue weighted by Crippen LogP contribution is -2.22. The van der Waals surface area contributed by atoms with Gasteiger partial charge in [0, 0.05) is 9.13 Å². The van der Waals surface area contributed by atoms with E-state index in [4.69, 9.17) is 4.74 Å². The molecule has 110 valence electrons. The number of phenolic OH excluding ortho intramolecular Hbond substituents is 1. The van der Waals surface area contributed by atoms with E-state index < -0.39 is 7.40 Å². The number of carboxylic acids is 1. The van der Waals surface area contributed by atoms with E-state index in [1.54, 1.807) is 42.5 Å². The molecule has 0 amide bonds. The van der Waals surface area contributed by atoms with Crippen molar-refractivity contribution in [1.29, 1.82) is 0 Å². The van der Waals surface area contributed by atoms with Gasteiger partial charge in [0.1, 0.15) is 17.2 Å². The number of halogens is 3. The molecule has 4 nitrogen and oxygen atoms in total. The van der Waals surface area contributed by atoms with Crippen LogP contribution >= 0.6 is 67.8 Å². The molecule has 0 aliphatic carbocycles. The first-order chi connectivity index (χ1) is 9.80. The second-order valence-corrected chi connectivity index (χ2v) is 10.6. The highest BCUT2D eigenvalue weighted by Gasteiger charge is 2.36. The number of hydrogen-bond donors (Lipinski definition) is 2. The fraction of sp³-hybridized carbons (Fsp3) is 0.0714. The van der Waals surface area contributed by atoms with Crippen LogP contribution in [-0.2, 0) is 6.22 Å². The van der Waals surface area contributed by atoms with Crippen LogP contribution in [0.3, 0.4) is 0 Å². The first kappa shape index (κ1) is 17.1. The van der Waals surface area contributed by atoms with Gasteiger partial charge in [-0.3, -0.25) is 0 Å². The van der Waals surface area contributed by atoms with Crippen LogP contribution in [0.5, 0.6) is 17.2 Å². The SMILES string of the molecule is O=C(O)C(I)(I)c1ccc(Oc2ccc(O)cc2)cc1I. The molecule has 7 heteroatoms. The lowest BCUT2D eigenvalue weighted by Gasteiger charge is -2.18. The molecule has 0 spiro atoms. The van der Waals surface area contributed by atoms with Gasteiger partial charge in [0.2, 0.25) is 0 Å². The molecule has 0 saturated carbocycles. The summed E-state index contributed by atoms with van der Waals surface area (Å²) < 4.78 is 5.48. The van der Waals surface area contributed by atoms with E-state index in [-0.39, 0.29) is 5.75 Å². The van der Waals surface area contributed by atoms with Crippen molar-refractivity contribution in [2.45, 2.75) is 1.43 Å². The van der Waals surface area contributed by atoms with E-state index in [0.717, 1.165) is 9.13 Å². The van der Waals surface area contributed by atoms with Crippen molar-refractivity contribution in [1.82, 2.24) is 0 Å². The molecule has 2 aromatic carbocycles. The first-order valence-corrected chi connectivity index (χ1v) is 8.92. The van der Waals surface area contributed by atoms with Crippen LogP contribution in [-0.4, -0.2) is 16.2 Å². The molecule has 0 atom stereocenters. The average Bonchev–Trinajstić information content (AvgIpc) is 2.41. The molecule has 0 aliphatic rings. The Kier molecular flexibility index (Phi) is 5.57. The van der Waals surface area contributed by atoms with E-state index in [1.807, 2.05) is 45.2 Å². The minimum Gasteiger partial charge on any atom is -0.508 e. The fourth-order valence-corrected chi connectivity index (χ4v) is 4.44. The predicted octanol–water partition coefficient (Wildman–Crippen LogP) is 4.90. The summed E-state index contributed by atoms with van der Waals surface area (Å²) >= 11 is 5.92. The minimum atomic E-state index is -1.01. The monoisotopic (exact) mass is 622 g/mol. The summed E-state index contributed by atoms with van der Waals surface area (Å²) in [6.07, 6.45) is 0. The third-order valence-corrected chi connectivity index (χ3v) is 5.60. The Hall–Kier alpha value is -0.300. The Bertz CT molecular complexity index is 668. The summed E-state index contributed by atoms with van der Waals surface area (Å²) in [6.45, 7) is 0. The second kappa shape index (κ2) is 6.86. The maximum absolute atomic E-state index is 11.3. The highest BCUT2D eigenvalue weighted by atomic mass is 127. The van der Waals surface area contributed by atoms with E-state index in [2.05, 4.69) is 22.6 Å². The normalized spacial score (nSPS) is 11.2. The molecule has 0 unspecified atom stereocenters. The average molecular weight is 622 g/mol. The predicted molar refractivity (Wildman–Crippen MR) is 105 cm³/mol. The number of hydrogen-bond acceptors (Lipinski definition) is 3. The molecular formula is C14H9I3O4. The van der Waals surface area contributed by atoms with Crippen LogP contribution in [0.2, 0.25) is 0 Å². The topological polar surface area (TPSA) is 66.8 Å². The zero-order valence-electron chi connectivity index (χ0n) is 10.4. The van der Waals surface area contributed by atoms with Gasteiger partial charge in [-0.05, 0) is 104 Å². The van der Waals surface area contributed by atoms with Gasteiger partial charge in [-0.2, -0.15) is 0 Å². The molecule has 0 radical (unpaired) electrons. The lowest BCUT2D eigenvalue weighted by atomic mass is 10.1. The maximum atomic E-state index is 11.3. The number of carbonyl (C=O) groups is 1. The van der Waals surface area contributed by atoms with Crippen molar-refractivity contribution < 1.29 is 19.7 Å². The quantitative estimate of drug-likeness (QED) is 0.377. The van der Waals surface area contributed by atoms with Crippen molar-refractivity contribution in [3.8, 4) is 17.2 Å². The van der Waals surface area contributed by atoms with Gasteiger partial charge >= 0.3 is 5.97 Å². The molecule has 0 saturated heterocycles. The summed E-state index contributed by atoms with van der Waals surface area (Å²) in [6, 6.07) is 11.7. The van der Waals surface area contributed by atoms with Crippen molar-refractivity contribution >= 4 is 73.7 Å². The molecular weight excluding hydrogens is 613 g/mol. The van der Waals surface area contributed by atoms with Gasteiger partial charge < -0.3 is 14.9 Å². The van der Waals surface area contributed by atoms with Gasteiger partial charge in [0.05, 0.1) is 0 Å². The smallest absolute Gasteiger partial charge is 0.334 e. The van der Waals surface area contributed by atoms with Crippen LogP contribution in [0.1, 0.15) is 5.56 Å². The standard InChI is InChI=1S/C14H9I3O4/c15-12-7-10(21-9-3-1-8(18)2-4-9)5-6-11(12)14(16,17)13(19)20/h1-7,18H,(H,19,20). The number of aromatic hydroxyl groups is 1. The van der Waals surface area contributed by atoms with Gasteiger partial charge in [-0.15, -0.1) is 0 Å². The van der Waals surface area contributed by atoms with Crippen LogP contribution in [0.4, 0.5) is 0 Å². The van der Waals surface area contributed by atoms with Crippen molar-refractivity contribution in [2.24, 2.45) is 0 Å². The second-order valence-electron chi connectivity index (χ2n) is 4.12. The number of alkyl halides is 2. The fourth-order valence-electron chi connectivity index (χ4n) is 1.58. The Morgan fingerprint density at radius 3 is 2.14 bits per heavy atom. The Morgan fingerprint density at radius 2 is 1.62 bits per heavy atom. The van der Waals surface area contributed by atoms with Crippen LogP contribution in [0.15, 0.2) is 42.5 Å². The largest absolute Gasteiger partial charge is 0.508 e. The first-order valence-electron chi connectivity index (χ1n) is 5.69. The highest BCUT2D eigenvalue weighted by Crippen LogP contribution is 2.42. The van der Waals surface area contributed by atoms with E-state index >= 15 is 0 Å². The van der Waals surface area contributed by atoms with Crippen molar-refractivity contribution in [2.75, 3.05) is 0 Å². The lowest BCUT2D eigenvalue weighted by molar-refractivity contribution is -0.136. The molecule has 0 aliphatic heterocycles. The summed E-state index contributed by atoms with van der Waals surface area (Å²) in [5.74, 6) is 0.495. The number of aliphatic carboxylic acids is 1. The molecule has 0 aromatic heterocycles.